The fourth-order valence-corrected chi connectivity index (χ4v) is 4.92. The van der Waals surface area contributed by atoms with Gasteiger partial charge in [0.05, 0.1) is 22.7 Å². The highest BCUT2D eigenvalue weighted by Gasteiger charge is 2.43. The largest absolute Gasteiger partial charge is 0.480 e. The summed E-state index contributed by atoms with van der Waals surface area (Å²) in [5.74, 6) is -1.64. The van der Waals surface area contributed by atoms with Gasteiger partial charge in [-0.15, -0.1) is 0 Å². The molecule has 0 saturated carbocycles. The van der Waals surface area contributed by atoms with E-state index in [1.54, 1.807) is 25.7 Å². The van der Waals surface area contributed by atoms with Gasteiger partial charge >= 0.3 is 12.1 Å². The summed E-state index contributed by atoms with van der Waals surface area (Å²) in [5, 5.41) is 24.6. The van der Waals surface area contributed by atoms with E-state index in [9.17, 15) is 29.6 Å². The number of nitro groups is 1. The Morgan fingerprint density at radius 1 is 1.19 bits per heavy atom. The van der Waals surface area contributed by atoms with Crippen molar-refractivity contribution in [3.63, 3.8) is 0 Å². The summed E-state index contributed by atoms with van der Waals surface area (Å²) >= 11 is 3.25. The molecule has 1 aromatic rings. The number of carboxylic acid groups (broad SMARTS) is 1. The maximum atomic E-state index is 13.5. The number of hydrogen-bond acceptors (Lipinski definition) is 8. The number of carboxylic acids is 1. The van der Waals surface area contributed by atoms with E-state index in [2.05, 4.69) is 21.2 Å². The molecular weight excluding hydrogens is 540 g/mol. The smallest absolute Gasteiger partial charge is 0.411 e. The lowest BCUT2D eigenvalue weighted by molar-refractivity contribution is -0.384. The summed E-state index contributed by atoms with van der Waals surface area (Å²) < 4.78 is 11.4. The van der Waals surface area contributed by atoms with Gasteiger partial charge in [-0.25, -0.2) is 9.59 Å². The molecule has 2 saturated heterocycles. The van der Waals surface area contributed by atoms with Crippen molar-refractivity contribution in [3.05, 3.63) is 32.3 Å². The Kier molecular flexibility index (Phi) is 8.13. The number of benzene rings is 1. The second-order valence-electron chi connectivity index (χ2n) is 10.1. The molecule has 12 nitrogen and oxygen atoms in total. The minimum atomic E-state index is -1.22. The predicted octanol–water partition coefficient (Wildman–Crippen LogP) is 3.48. The summed E-state index contributed by atoms with van der Waals surface area (Å²) in [5.41, 5.74) is -1.13. The predicted molar refractivity (Wildman–Crippen MR) is 133 cm³/mol. The van der Waals surface area contributed by atoms with E-state index in [1.807, 2.05) is 13.8 Å². The summed E-state index contributed by atoms with van der Waals surface area (Å²) in [6, 6.07) is 0.913. The highest BCUT2D eigenvalue weighted by Crippen LogP contribution is 2.36. The van der Waals surface area contributed by atoms with E-state index in [-0.39, 0.29) is 42.1 Å². The average Bonchev–Trinajstić information content (AvgIpc) is 3.16. The third kappa shape index (κ3) is 6.44. The van der Waals surface area contributed by atoms with Crippen molar-refractivity contribution in [2.75, 3.05) is 25.0 Å². The number of ether oxygens (including phenoxy) is 2. The van der Waals surface area contributed by atoms with Crippen LogP contribution in [0.5, 0.6) is 0 Å². The lowest BCUT2D eigenvalue weighted by Gasteiger charge is -2.35. The van der Waals surface area contributed by atoms with Crippen LogP contribution in [0.1, 0.15) is 51.4 Å². The topological polar surface area (TPSA) is 152 Å². The number of hydrogen-bond donors (Lipinski definition) is 2. The molecule has 0 spiro atoms. The SMILES string of the molecule is C[C@@H]1CN(C(=O)c2cc(Br)cc([N+](=O)[O-])c2N[C@@H]2C[C@@H](C(=O)O)N(C(=O)OC(C)(C)C)C2)C[C@H](C)O1. The number of carbonyl (C=O) groups excluding carboxylic acids is 2. The third-order valence-electron chi connectivity index (χ3n) is 5.78. The molecule has 198 valence electrons. The van der Waals surface area contributed by atoms with Gasteiger partial charge in [0.1, 0.15) is 17.3 Å². The number of nitrogens with one attached hydrogen (secondary N) is 1. The second-order valence-corrected chi connectivity index (χ2v) is 11.1. The van der Waals surface area contributed by atoms with Crippen LogP contribution in [0.15, 0.2) is 16.6 Å². The molecule has 0 aliphatic carbocycles. The number of amides is 2. The quantitative estimate of drug-likeness (QED) is 0.400. The third-order valence-corrected chi connectivity index (χ3v) is 6.24. The fraction of sp³-hybridized carbons (Fsp3) is 0.609. The number of carbonyl (C=O) groups is 3. The van der Waals surface area contributed by atoms with Crippen molar-refractivity contribution in [2.24, 2.45) is 0 Å². The molecule has 2 heterocycles. The molecule has 0 radical (unpaired) electrons. The lowest BCUT2D eigenvalue weighted by Crippen LogP contribution is -2.48. The first-order valence-corrected chi connectivity index (χ1v) is 12.4. The Labute approximate surface area is 217 Å². The number of halogens is 1. The molecule has 13 heteroatoms. The minimum Gasteiger partial charge on any atom is -0.480 e. The molecule has 2 aliphatic rings. The molecule has 2 N–H and O–H groups in total. The number of nitrogens with zero attached hydrogens (tertiary/aromatic N) is 3. The van der Waals surface area contributed by atoms with Gasteiger partial charge in [0.25, 0.3) is 11.6 Å². The maximum absolute atomic E-state index is 13.5. The zero-order valence-electron chi connectivity index (χ0n) is 20.8. The van der Waals surface area contributed by atoms with E-state index in [0.29, 0.717) is 17.6 Å². The molecule has 0 aromatic heterocycles. The molecule has 2 fully saturated rings. The standard InChI is InChI=1S/C23H31BrN4O8/c1-12-9-26(10-13(2)35-12)20(29)16-6-14(24)7-17(28(33)34)19(16)25-15-8-18(21(30)31)27(11-15)22(32)36-23(3,4)5/h6-7,12-13,15,18,25H,8-11H2,1-5H3,(H,30,31)/t12-,13+,15-,18+/m1/s1. The second kappa shape index (κ2) is 10.6. The van der Waals surface area contributed by atoms with Crippen molar-refractivity contribution in [1.82, 2.24) is 9.80 Å². The molecule has 2 amide bonds. The highest BCUT2D eigenvalue weighted by atomic mass is 79.9. The van der Waals surface area contributed by atoms with Crippen LogP contribution in [0.3, 0.4) is 0 Å². The van der Waals surface area contributed by atoms with Crippen LogP contribution in [-0.2, 0) is 14.3 Å². The number of aliphatic carboxylic acids is 1. The van der Waals surface area contributed by atoms with Crippen molar-refractivity contribution < 1.29 is 33.9 Å². The summed E-state index contributed by atoms with van der Waals surface area (Å²) in [4.78, 5) is 52.0. The number of morpholine rings is 1. The van der Waals surface area contributed by atoms with E-state index in [1.165, 1.54) is 12.1 Å². The monoisotopic (exact) mass is 570 g/mol. The first kappa shape index (κ1) is 27.7. The van der Waals surface area contributed by atoms with Crippen LogP contribution in [0.25, 0.3) is 0 Å². The van der Waals surface area contributed by atoms with Crippen LogP contribution >= 0.6 is 15.9 Å². The molecular formula is C23H31BrN4O8. The van der Waals surface area contributed by atoms with Gasteiger partial charge in [-0.3, -0.25) is 19.8 Å². The minimum absolute atomic E-state index is 0.0267. The summed E-state index contributed by atoms with van der Waals surface area (Å²) in [6.07, 6.45) is -1.23. The Bertz CT molecular complexity index is 1050. The van der Waals surface area contributed by atoms with E-state index >= 15 is 0 Å². The van der Waals surface area contributed by atoms with Crippen LogP contribution in [0, 0.1) is 10.1 Å². The van der Waals surface area contributed by atoms with E-state index < -0.39 is 40.6 Å². The van der Waals surface area contributed by atoms with Gasteiger partial charge in [-0.1, -0.05) is 15.9 Å². The molecule has 1 aromatic carbocycles. The van der Waals surface area contributed by atoms with Gasteiger partial charge in [0, 0.05) is 42.6 Å². The molecule has 3 rings (SSSR count). The van der Waals surface area contributed by atoms with Gasteiger partial charge < -0.3 is 24.8 Å². The summed E-state index contributed by atoms with van der Waals surface area (Å²) in [6.45, 7) is 9.26. The van der Waals surface area contributed by atoms with Crippen LogP contribution in [0.2, 0.25) is 0 Å². The highest BCUT2D eigenvalue weighted by molar-refractivity contribution is 9.10. The van der Waals surface area contributed by atoms with Crippen LogP contribution in [-0.4, -0.2) is 87.3 Å². The van der Waals surface area contributed by atoms with E-state index in [4.69, 9.17) is 9.47 Å². The number of anilines is 1. The molecule has 0 unspecified atom stereocenters. The molecule has 36 heavy (non-hydrogen) atoms. The van der Waals surface area contributed by atoms with Crippen LogP contribution in [0.4, 0.5) is 16.2 Å². The van der Waals surface area contributed by atoms with Gasteiger partial charge in [0.15, 0.2) is 0 Å². The molecule has 2 aliphatic heterocycles. The van der Waals surface area contributed by atoms with Gasteiger partial charge in [-0.05, 0) is 40.7 Å². The number of nitro benzene ring substituents is 1. The molecule has 4 atom stereocenters. The fourth-order valence-electron chi connectivity index (χ4n) is 4.47. The number of rotatable bonds is 5. The zero-order valence-corrected chi connectivity index (χ0v) is 22.4. The van der Waals surface area contributed by atoms with Gasteiger partial charge in [-0.2, -0.15) is 0 Å². The van der Waals surface area contributed by atoms with Crippen molar-refractivity contribution in [1.29, 1.82) is 0 Å². The first-order valence-electron chi connectivity index (χ1n) is 11.6. The van der Waals surface area contributed by atoms with E-state index in [0.717, 1.165) is 4.90 Å². The van der Waals surface area contributed by atoms with Crippen molar-refractivity contribution in [2.45, 2.75) is 70.9 Å². The Balaban J connectivity index is 1.95. The molecule has 0 bridgehead atoms. The Morgan fingerprint density at radius 3 is 2.33 bits per heavy atom. The average molecular weight is 571 g/mol. The number of likely N-dealkylation sites (tertiary alicyclic amines) is 1. The zero-order chi connectivity index (χ0) is 26.9. The first-order chi connectivity index (χ1) is 16.7. The Hall–Kier alpha value is -2.93. The maximum Gasteiger partial charge on any atom is 0.411 e. The van der Waals surface area contributed by atoms with Crippen LogP contribution < -0.4 is 5.32 Å². The normalized spacial score (nSPS) is 24.4. The van der Waals surface area contributed by atoms with Crippen molar-refractivity contribution in [3.8, 4) is 0 Å². The van der Waals surface area contributed by atoms with Gasteiger partial charge in [0.2, 0.25) is 0 Å². The summed E-state index contributed by atoms with van der Waals surface area (Å²) in [7, 11) is 0. The Morgan fingerprint density at radius 2 is 1.81 bits per heavy atom. The lowest BCUT2D eigenvalue weighted by atomic mass is 10.1. The van der Waals surface area contributed by atoms with Crippen molar-refractivity contribution >= 4 is 45.3 Å².